The van der Waals surface area contributed by atoms with Gasteiger partial charge in [0.2, 0.25) is 0 Å². The van der Waals surface area contributed by atoms with Crippen molar-refractivity contribution in [2.24, 2.45) is 0 Å². The molecule has 2 aromatic carbocycles. The van der Waals surface area contributed by atoms with Crippen molar-refractivity contribution < 1.29 is 0 Å². The summed E-state index contributed by atoms with van der Waals surface area (Å²) in [6, 6.07) is 21.3. The third-order valence-corrected chi connectivity index (χ3v) is 4.95. The first-order valence-electron chi connectivity index (χ1n) is 7.91. The van der Waals surface area contributed by atoms with Crippen LogP contribution in [-0.2, 0) is 0 Å². The monoisotopic (exact) mass is 331 g/mol. The fourth-order valence-electron chi connectivity index (χ4n) is 2.79. The molecule has 0 fully saturated rings. The van der Waals surface area contributed by atoms with Crippen LogP contribution in [0.15, 0.2) is 72.4 Å². The van der Waals surface area contributed by atoms with Gasteiger partial charge in [-0.25, -0.2) is 9.97 Å². The van der Waals surface area contributed by atoms with E-state index in [9.17, 15) is 0 Å². The molecule has 4 heteroatoms. The predicted molar refractivity (Wildman–Crippen MR) is 101 cm³/mol. The Kier molecular flexibility index (Phi) is 3.97. The van der Waals surface area contributed by atoms with Crippen LogP contribution in [0.2, 0.25) is 0 Å². The highest BCUT2D eigenvalue weighted by Crippen LogP contribution is 2.28. The second-order valence-electron chi connectivity index (χ2n) is 5.72. The van der Waals surface area contributed by atoms with Gasteiger partial charge in [-0.05, 0) is 35.1 Å². The molecule has 4 rings (SSSR count). The van der Waals surface area contributed by atoms with Gasteiger partial charge >= 0.3 is 0 Å². The quantitative estimate of drug-likeness (QED) is 0.534. The number of hydrogen-bond acceptors (Lipinski definition) is 4. The van der Waals surface area contributed by atoms with Crippen LogP contribution in [-0.4, -0.2) is 9.97 Å². The van der Waals surface area contributed by atoms with E-state index in [0.717, 1.165) is 16.0 Å². The van der Waals surface area contributed by atoms with E-state index in [1.165, 1.54) is 16.7 Å². The number of rotatable bonds is 4. The van der Waals surface area contributed by atoms with E-state index in [4.69, 9.17) is 0 Å². The predicted octanol–water partition coefficient (Wildman–Crippen LogP) is 5.53. The molecule has 0 amide bonds. The van der Waals surface area contributed by atoms with Crippen molar-refractivity contribution in [2.45, 2.75) is 13.0 Å². The summed E-state index contributed by atoms with van der Waals surface area (Å²) in [4.78, 5) is 9.70. The Labute approximate surface area is 145 Å². The molecular weight excluding hydrogens is 314 g/mol. The van der Waals surface area contributed by atoms with Crippen molar-refractivity contribution in [2.75, 3.05) is 5.32 Å². The molecule has 0 aliphatic carbocycles. The molecule has 0 aliphatic heterocycles. The number of aromatic nitrogens is 2. The molecule has 118 valence electrons. The minimum absolute atomic E-state index is 0.174. The number of benzene rings is 2. The standard InChI is InChI=1S/C20H17N3S/c1-14(23-19-18-11-12-24-20(18)22-13-21-19)15-7-9-17(10-8-15)16-5-3-2-4-6-16/h2-14H,1H3,(H,21,22,23). The second kappa shape index (κ2) is 6.42. The van der Waals surface area contributed by atoms with Gasteiger partial charge in [-0.1, -0.05) is 54.6 Å². The summed E-state index contributed by atoms with van der Waals surface area (Å²) in [7, 11) is 0. The average Bonchev–Trinajstić information content (AvgIpc) is 3.12. The van der Waals surface area contributed by atoms with Gasteiger partial charge in [0.25, 0.3) is 0 Å². The van der Waals surface area contributed by atoms with Gasteiger partial charge in [-0.3, -0.25) is 0 Å². The maximum atomic E-state index is 4.39. The molecule has 1 unspecified atom stereocenters. The molecule has 24 heavy (non-hydrogen) atoms. The SMILES string of the molecule is CC(Nc1ncnc2sccc12)c1ccc(-c2ccccc2)cc1. The zero-order chi connectivity index (χ0) is 16.4. The zero-order valence-corrected chi connectivity index (χ0v) is 14.1. The molecule has 0 saturated heterocycles. The van der Waals surface area contributed by atoms with E-state index >= 15 is 0 Å². The number of thiophene rings is 1. The summed E-state index contributed by atoms with van der Waals surface area (Å²) >= 11 is 1.63. The van der Waals surface area contributed by atoms with Gasteiger partial charge in [-0.2, -0.15) is 0 Å². The summed E-state index contributed by atoms with van der Waals surface area (Å²) < 4.78 is 0. The van der Waals surface area contributed by atoms with Crippen LogP contribution in [0.1, 0.15) is 18.5 Å². The molecule has 0 bridgehead atoms. The van der Waals surface area contributed by atoms with Gasteiger partial charge in [0.15, 0.2) is 0 Å². The molecular formula is C20H17N3S. The van der Waals surface area contributed by atoms with Crippen molar-refractivity contribution >= 4 is 27.4 Å². The Balaban J connectivity index is 1.56. The summed E-state index contributed by atoms with van der Waals surface area (Å²) in [6.45, 7) is 2.15. The first-order valence-corrected chi connectivity index (χ1v) is 8.79. The van der Waals surface area contributed by atoms with Crippen LogP contribution < -0.4 is 5.32 Å². The van der Waals surface area contributed by atoms with E-state index in [1.54, 1.807) is 17.7 Å². The van der Waals surface area contributed by atoms with Crippen LogP contribution in [0.4, 0.5) is 5.82 Å². The Hall–Kier alpha value is -2.72. The maximum absolute atomic E-state index is 4.39. The first kappa shape index (κ1) is 14.8. The molecule has 2 aromatic heterocycles. The van der Waals surface area contributed by atoms with Crippen LogP contribution in [0.5, 0.6) is 0 Å². The third-order valence-electron chi connectivity index (χ3n) is 4.13. The Morgan fingerprint density at radius 3 is 2.42 bits per heavy atom. The van der Waals surface area contributed by atoms with Gasteiger partial charge < -0.3 is 5.32 Å². The van der Waals surface area contributed by atoms with E-state index in [-0.39, 0.29) is 6.04 Å². The molecule has 0 saturated carbocycles. The number of hydrogen-bond donors (Lipinski definition) is 1. The van der Waals surface area contributed by atoms with Crippen molar-refractivity contribution in [3.8, 4) is 11.1 Å². The van der Waals surface area contributed by atoms with Crippen molar-refractivity contribution in [3.05, 3.63) is 77.9 Å². The largest absolute Gasteiger partial charge is 0.363 e. The Bertz CT molecular complexity index is 945. The van der Waals surface area contributed by atoms with Crippen LogP contribution in [0.3, 0.4) is 0 Å². The maximum Gasteiger partial charge on any atom is 0.138 e. The topological polar surface area (TPSA) is 37.8 Å². The highest BCUT2D eigenvalue weighted by atomic mass is 32.1. The smallest absolute Gasteiger partial charge is 0.138 e. The lowest BCUT2D eigenvalue weighted by molar-refractivity contribution is 0.876. The molecule has 3 nitrogen and oxygen atoms in total. The molecule has 1 atom stereocenters. The Morgan fingerprint density at radius 1 is 0.875 bits per heavy atom. The lowest BCUT2D eigenvalue weighted by Gasteiger charge is -2.16. The molecule has 2 heterocycles. The van der Waals surface area contributed by atoms with E-state index in [2.05, 4.69) is 76.8 Å². The first-order chi connectivity index (χ1) is 11.8. The summed E-state index contributed by atoms with van der Waals surface area (Å²) in [5.41, 5.74) is 3.70. The highest BCUT2D eigenvalue weighted by molar-refractivity contribution is 7.16. The van der Waals surface area contributed by atoms with E-state index < -0.39 is 0 Å². The van der Waals surface area contributed by atoms with Crippen LogP contribution >= 0.6 is 11.3 Å². The van der Waals surface area contributed by atoms with Gasteiger partial charge in [0.1, 0.15) is 17.0 Å². The molecule has 1 N–H and O–H groups in total. The number of nitrogens with one attached hydrogen (secondary N) is 1. The van der Waals surface area contributed by atoms with E-state index in [0.29, 0.717) is 0 Å². The fourth-order valence-corrected chi connectivity index (χ4v) is 3.52. The van der Waals surface area contributed by atoms with Crippen LogP contribution in [0, 0.1) is 0 Å². The van der Waals surface area contributed by atoms with Crippen molar-refractivity contribution in [3.63, 3.8) is 0 Å². The van der Waals surface area contributed by atoms with Gasteiger partial charge in [-0.15, -0.1) is 11.3 Å². The average molecular weight is 331 g/mol. The minimum atomic E-state index is 0.174. The summed E-state index contributed by atoms with van der Waals surface area (Å²) in [5.74, 6) is 0.890. The zero-order valence-electron chi connectivity index (χ0n) is 13.3. The third kappa shape index (κ3) is 2.88. The molecule has 4 aromatic rings. The lowest BCUT2D eigenvalue weighted by Crippen LogP contribution is -2.08. The van der Waals surface area contributed by atoms with Crippen molar-refractivity contribution in [1.82, 2.24) is 9.97 Å². The molecule has 0 radical (unpaired) electrons. The van der Waals surface area contributed by atoms with Gasteiger partial charge in [0.05, 0.1) is 5.39 Å². The normalized spacial score (nSPS) is 12.2. The summed E-state index contributed by atoms with van der Waals surface area (Å²) in [6.07, 6.45) is 1.62. The van der Waals surface area contributed by atoms with Crippen molar-refractivity contribution in [1.29, 1.82) is 0 Å². The van der Waals surface area contributed by atoms with E-state index in [1.807, 2.05) is 11.4 Å². The lowest BCUT2D eigenvalue weighted by atomic mass is 10.0. The fraction of sp³-hybridized carbons (Fsp3) is 0.100. The highest BCUT2D eigenvalue weighted by Gasteiger charge is 2.10. The van der Waals surface area contributed by atoms with Crippen LogP contribution in [0.25, 0.3) is 21.3 Å². The Morgan fingerprint density at radius 2 is 1.62 bits per heavy atom. The van der Waals surface area contributed by atoms with Gasteiger partial charge in [0, 0.05) is 6.04 Å². The number of fused-ring (bicyclic) bond motifs is 1. The number of nitrogens with zero attached hydrogens (tertiary/aromatic N) is 2. The number of anilines is 1. The second-order valence-corrected chi connectivity index (χ2v) is 6.61. The minimum Gasteiger partial charge on any atom is -0.363 e. The summed E-state index contributed by atoms with van der Waals surface area (Å²) in [5, 5.41) is 6.63. The molecule has 0 spiro atoms. The molecule has 0 aliphatic rings.